The Morgan fingerprint density at radius 3 is 3.06 bits per heavy atom. The Bertz CT molecular complexity index is 551. The third-order valence-electron chi connectivity index (χ3n) is 3.05. The topological polar surface area (TPSA) is 42.2 Å². The number of rotatable bonds is 2. The van der Waals surface area contributed by atoms with Gasteiger partial charge in [-0.3, -0.25) is 4.79 Å². The van der Waals surface area contributed by atoms with Gasteiger partial charge >= 0.3 is 0 Å². The van der Waals surface area contributed by atoms with Crippen molar-refractivity contribution in [3.63, 3.8) is 0 Å². The smallest absolute Gasteiger partial charge is 0.255 e. The first-order valence-electron chi connectivity index (χ1n) is 5.89. The number of hydrogen-bond acceptors (Lipinski definition) is 3. The Morgan fingerprint density at radius 1 is 1.33 bits per heavy atom. The quantitative estimate of drug-likeness (QED) is 0.900. The van der Waals surface area contributed by atoms with E-state index in [0.717, 1.165) is 12.2 Å². The van der Waals surface area contributed by atoms with E-state index in [4.69, 9.17) is 4.42 Å². The molecule has 1 aromatic heterocycles. The maximum absolute atomic E-state index is 12.0. The maximum atomic E-state index is 12.0. The molecule has 2 aromatic rings. The zero-order valence-electron chi connectivity index (χ0n) is 9.76. The first-order chi connectivity index (χ1) is 8.84. The SMILES string of the molecule is O=C(N[C@@H]1CCSc2ccccc21)c1ccoc1. The highest BCUT2D eigenvalue weighted by atomic mass is 32.2. The van der Waals surface area contributed by atoms with E-state index < -0.39 is 0 Å². The summed E-state index contributed by atoms with van der Waals surface area (Å²) in [5.41, 5.74) is 1.79. The fourth-order valence-corrected chi connectivity index (χ4v) is 3.25. The first kappa shape index (κ1) is 11.4. The fourth-order valence-electron chi connectivity index (χ4n) is 2.13. The summed E-state index contributed by atoms with van der Waals surface area (Å²) in [6.07, 6.45) is 3.95. The predicted molar refractivity (Wildman–Crippen MR) is 70.7 cm³/mol. The number of thioether (sulfide) groups is 1. The fraction of sp³-hybridized carbons (Fsp3) is 0.214. The number of amides is 1. The molecule has 1 amide bonds. The third kappa shape index (κ3) is 2.16. The molecule has 0 saturated heterocycles. The van der Waals surface area contributed by atoms with Crippen molar-refractivity contribution in [1.82, 2.24) is 5.32 Å². The Labute approximate surface area is 110 Å². The summed E-state index contributed by atoms with van der Waals surface area (Å²) in [5, 5.41) is 3.07. The average Bonchev–Trinajstić information content (AvgIpc) is 2.93. The molecule has 1 aliphatic rings. The predicted octanol–water partition coefficient (Wildman–Crippen LogP) is 3.25. The number of nitrogens with one attached hydrogen (secondary N) is 1. The molecule has 0 unspecified atom stereocenters. The van der Waals surface area contributed by atoms with Crippen LogP contribution in [0, 0.1) is 0 Å². The second-order valence-electron chi connectivity index (χ2n) is 4.21. The molecule has 0 saturated carbocycles. The third-order valence-corrected chi connectivity index (χ3v) is 4.17. The second kappa shape index (κ2) is 4.90. The van der Waals surface area contributed by atoms with E-state index in [1.54, 1.807) is 6.07 Å². The van der Waals surface area contributed by atoms with Gasteiger partial charge in [-0.05, 0) is 24.1 Å². The van der Waals surface area contributed by atoms with E-state index in [-0.39, 0.29) is 11.9 Å². The molecular formula is C14H13NO2S. The van der Waals surface area contributed by atoms with Gasteiger partial charge in [0.1, 0.15) is 6.26 Å². The zero-order chi connectivity index (χ0) is 12.4. The Kier molecular flexibility index (Phi) is 3.11. The largest absolute Gasteiger partial charge is 0.472 e. The summed E-state index contributed by atoms with van der Waals surface area (Å²) in [6.45, 7) is 0. The van der Waals surface area contributed by atoms with E-state index in [2.05, 4.69) is 17.4 Å². The van der Waals surface area contributed by atoms with E-state index >= 15 is 0 Å². The van der Waals surface area contributed by atoms with Crippen molar-refractivity contribution in [3.8, 4) is 0 Å². The van der Waals surface area contributed by atoms with Gasteiger partial charge in [0.15, 0.2) is 0 Å². The van der Waals surface area contributed by atoms with Gasteiger partial charge in [-0.25, -0.2) is 0 Å². The van der Waals surface area contributed by atoms with Crippen LogP contribution in [0.25, 0.3) is 0 Å². The van der Waals surface area contributed by atoms with Crippen molar-refractivity contribution in [3.05, 3.63) is 54.0 Å². The lowest BCUT2D eigenvalue weighted by atomic mass is 10.0. The summed E-state index contributed by atoms with van der Waals surface area (Å²) >= 11 is 1.85. The van der Waals surface area contributed by atoms with Gasteiger partial charge in [0, 0.05) is 10.6 Å². The average molecular weight is 259 g/mol. The zero-order valence-corrected chi connectivity index (χ0v) is 10.6. The van der Waals surface area contributed by atoms with Crippen LogP contribution in [0.15, 0.2) is 52.2 Å². The summed E-state index contributed by atoms with van der Waals surface area (Å²) in [6, 6.07) is 10.0. The number of hydrogen-bond donors (Lipinski definition) is 1. The first-order valence-corrected chi connectivity index (χ1v) is 6.88. The van der Waals surface area contributed by atoms with E-state index in [9.17, 15) is 4.79 Å². The van der Waals surface area contributed by atoms with Gasteiger partial charge in [0.25, 0.3) is 5.91 Å². The summed E-state index contributed by atoms with van der Waals surface area (Å²) in [4.78, 5) is 13.3. The highest BCUT2D eigenvalue weighted by molar-refractivity contribution is 7.99. The van der Waals surface area contributed by atoms with Crippen molar-refractivity contribution < 1.29 is 9.21 Å². The van der Waals surface area contributed by atoms with Crippen molar-refractivity contribution >= 4 is 17.7 Å². The van der Waals surface area contributed by atoms with Crippen LogP contribution in [-0.4, -0.2) is 11.7 Å². The minimum absolute atomic E-state index is 0.0737. The van der Waals surface area contributed by atoms with Gasteiger partial charge in [-0.2, -0.15) is 0 Å². The van der Waals surface area contributed by atoms with E-state index in [0.29, 0.717) is 5.56 Å². The van der Waals surface area contributed by atoms with Crippen LogP contribution in [0.3, 0.4) is 0 Å². The monoisotopic (exact) mass is 259 g/mol. The van der Waals surface area contributed by atoms with Crippen molar-refractivity contribution in [2.45, 2.75) is 17.4 Å². The van der Waals surface area contributed by atoms with Crippen LogP contribution in [0.1, 0.15) is 28.4 Å². The molecule has 1 aliphatic heterocycles. The van der Waals surface area contributed by atoms with Crippen LogP contribution >= 0.6 is 11.8 Å². The highest BCUT2D eigenvalue weighted by Gasteiger charge is 2.22. The van der Waals surface area contributed by atoms with Gasteiger partial charge in [-0.1, -0.05) is 18.2 Å². The number of furan rings is 1. The summed E-state index contributed by atoms with van der Waals surface area (Å²) < 4.78 is 4.93. The molecule has 0 aliphatic carbocycles. The molecule has 3 nitrogen and oxygen atoms in total. The number of benzene rings is 1. The highest BCUT2D eigenvalue weighted by Crippen LogP contribution is 2.35. The molecular weight excluding hydrogens is 246 g/mol. The molecule has 2 heterocycles. The van der Waals surface area contributed by atoms with Crippen LogP contribution in [-0.2, 0) is 0 Å². The molecule has 4 heteroatoms. The lowest BCUT2D eigenvalue weighted by Crippen LogP contribution is -2.30. The van der Waals surface area contributed by atoms with Gasteiger partial charge in [0.2, 0.25) is 0 Å². The lowest BCUT2D eigenvalue weighted by molar-refractivity contribution is 0.0934. The summed E-state index contributed by atoms with van der Waals surface area (Å²) in [5.74, 6) is 0.961. The molecule has 0 fully saturated rings. The van der Waals surface area contributed by atoms with Gasteiger partial charge in [-0.15, -0.1) is 11.8 Å². The molecule has 3 rings (SSSR count). The van der Waals surface area contributed by atoms with Crippen LogP contribution < -0.4 is 5.32 Å². The van der Waals surface area contributed by atoms with Gasteiger partial charge < -0.3 is 9.73 Å². The van der Waals surface area contributed by atoms with E-state index in [1.165, 1.54) is 23.0 Å². The molecule has 0 radical (unpaired) electrons. The molecule has 92 valence electrons. The standard InChI is InChI=1S/C14H13NO2S/c16-14(10-5-7-17-9-10)15-12-6-8-18-13-4-2-1-3-11(12)13/h1-5,7,9,12H,6,8H2,(H,15,16)/t12-/m1/s1. The van der Waals surface area contributed by atoms with Crippen LogP contribution in [0.5, 0.6) is 0 Å². The molecule has 1 aromatic carbocycles. The molecule has 18 heavy (non-hydrogen) atoms. The molecule has 1 N–H and O–H groups in total. The molecule has 0 bridgehead atoms. The minimum atomic E-state index is -0.0737. The molecule has 0 spiro atoms. The normalized spacial score (nSPS) is 18.1. The summed E-state index contributed by atoms with van der Waals surface area (Å²) in [7, 11) is 0. The van der Waals surface area contributed by atoms with Crippen LogP contribution in [0.4, 0.5) is 0 Å². The Balaban J connectivity index is 1.80. The van der Waals surface area contributed by atoms with Crippen molar-refractivity contribution in [2.24, 2.45) is 0 Å². The lowest BCUT2D eigenvalue weighted by Gasteiger charge is -2.25. The second-order valence-corrected chi connectivity index (χ2v) is 5.35. The number of fused-ring (bicyclic) bond motifs is 1. The molecule has 1 atom stereocenters. The van der Waals surface area contributed by atoms with Crippen molar-refractivity contribution in [2.75, 3.05) is 5.75 Å². The van der Waals surface area contributed by atoms with Crippen molar-refractivity contribution in [1.29, 1.82) is 0 Å². The van der Waals surface area contributed by atoms with E-state index in [1.807, 2.05) is 23.9 Å². The number of carbonyl (C=O) groups is 1. The number of carbonyl (C=O) groups excluding carboxylic acids is 1. The van der Waals surface area contributed by atoms with Crippen LogP contribution in [0.2, 0.25) is 0 Å². The maximum Gasteiger partial charge on any atom is 0.255 e. The Morgan fingerprint density at radius 2 is 2.22 bits per heavy atom. The minimum Gasteiger partial charge on any atom is -0.472 e. The Hall–Kier alpha value is -1.68. The van der Waals surface area contributed by atoms with Gasteiger partial charge in [0.05, 0.1) is 17.9 Å².